The molecule has 1 fully saturated rings. The van der Waals surface area contributed by atoms with Crippen LogP contribution in [0.4, 0.5) is 0 Å². The van der Waals surface area contributed by atoms with E-state index in [9.17, 15) is 9.59 Å². The molecule has 5 nitrogen and oxygen atoms in total. The summed E-state index contributed by atoms with van der Waals surface area (Å²) in [5.74, 6) is 1.91. The van der Waals surface area contributed by atoms with E-state index in [0.717, 1.165) is 25.0 Å². The largest absolute Gasteiger partial charge is 0.491 e. The summed E-state index contributed by atoms with van der Waals surface area (Å²) in [4.78, 5) is 31.4. The molecule has 4 rings (SSSR count). The van der Waals surface area contributed by atoms with Gasteiger partial charge in [0.25, 0.3) is 0 Å². The summed E-state index contributed by atoms with van der Waals surface area (Å²) in [6.07, 6.45) is 2.77. The zero-order valence-electron chi connectivity index (χ0n) is 20.3. The second-order valence-corrected chi connectivity index (χ2v) is 11.1. The number of rotatable bonds is 9. The lowest BCUT2D eigenvalue weighted by molar-refractivity contribution is -0.143. The van der Waals surface area contributed by atoms with Crippen molar-refractivity contribution in [2.75, 3.05) is 26.2 Å². The molecule has 0 radical (unpaired) electrons. The number of thiophene rings is 1. The Labute approximate surface area is 201 Å². The van der Waals surface area contributed by atoms with Crippen LogP contribution in [0.15, 0.2) is 35.7 Å². The number of carbonyl (C=O) groups is 2. The first-order valence-electron chi connectivity index (χ1n) is 12.2. The molecule has 178 valence electrons. The lowest BCUT2D eigenvalue weighted by atomic mass is 10.00. The van der Waals surface area contributed by atoms with Crippen molar-refractivity contribution in [3.8, 4) is 5.75 Å². The van der Waals surface area contributed by atoms with E-state index in [2.05, 4.69) is 51.3 Å². The SMILES string of the molecule is CC(C)CN(CC(=O)N1CCc2sccc2[C@H]1COc1ccc(C(C)C)cc1)C(=O)C1CC1. The summed E-state index contributed by atoms with van der Waals surface area (Å²) in [6, 6.07) is 10.2. The third-order valence-corrected chi connectivity index (χ3v) is 7.52. The second kappa shape index (κ2) is 10.3. The fourth-order valence-electron chi connectivity index (χ4n) is 4.51. The summed E-state index contributed by atoms with van der Waals surface area (Å²) >= 11 is 1.75. The first-order chi connectivity index (χ1) is 15.8. The molecule has 1 aromatic heterocycles. The predicted molar refractivity (Wildman–Crippen MR) is 133 cm³/mol. The van der Waals surface area contributed by atoms with Crippen molar-refractivity contribution in [3.05, 3.63) is 51.7 Å². The quantitative estimate of drug-likeness (QED) is 0.504. The van der Waals surface area contributed by atoms with Gasteiger partial charge in [0.05, 0.1) is 12.6 Å². The van der Waals surface area contributed by atoms with Crippen LogP contribution >= 0.6 is 11.3 Å². The Morgan fingerprint density at radius 2 is 1.85 bits per heavy atom. The minimum absolute atomic E-state index is 0.0188. The van der Waals surface area contributed by atoms with Crippen molar-refractivity contribution in [3.63, 3.8) is 0 Å². The van der Waals surface area contributed by atoms with Gasteiger partial charge in [-0.3, -0.25) is 9.59 Å². The molecule has 0 spiro atoms. The van der Waals surface area contributed by atoms with Gasteiger partial charge in [-0.15, -0.1) is 11.3 Å². The highest BCUT2D eigenvalue weighted by atomic mass is 32.1. The van der Waals surface area contributed by atoms with Gasteiger partial charge in [0.2, 0.25) is 11.8 Å². The van der Waals surface area contributed by atoms with Gasteiger partial charge < -0.3 is 14.5 Å². The van der Waals surface area contributed by atoms with Gasteiger partial charge in [0.1, 0.15) is 12.4 Å². The van der Waals surface area contributed by atoms with E-state index in [1.165, 1.54) is 16.0 Å². The topological polar surface area (TPSA) is 49.9 Å². The molecule has 2 aromatic rings. The lowest BCUT2D eigenvalue weighted by Gasteiger charge is -2.37. The molecular weight excluding hydrogens is 432 g/mol. The molecule has 1 atom stereocenters. The van der Waals surface area contributed by atoms with Crippen LogP contribution in [-0.4, -0.2) is 47.9 Å². The van der Waals surface area contributed by atoms with Gasteiger partial charge in [-0.05, 0) is 65.8 Å². The van der Waals surface area contributed by atoms with Crippen LogP contribution in [0, 0.1) is 11.8 Å². The molecule has 6 heteroatoms. The molecule has 1 aliphatic carbocycles. The maximum Gasteiger partial charge on any atom is 0.242 e. The van der Waals surface area contributed by atoms with E-state index in [1.54, 1.807) is 16.2 Å². The van der Waals surface area contributed by atoms with Gasteiger partial charge in [-0.25, -0.2) is 0 Å². The Bertz CT molecular complexity index is 962. The first kappa shape index (κ1) is 23.8. The Hall–Kier alpha value is -2.34. The van der Waals surface area contributed by atoms with Crippen LogP contribution in [0.25, 0.3) is 0 Å². The van der Waals surface area contributed by atoms with Gasteiger partial charge in [-0.2, -0.15) is 0 Å². The Balaban J connectivity index is 1.48. The van der Waals surface area contributed by atoms with Crippen molar-refractivity contribution >= 4 is 23.2 Å². The molecule has 0 bridgehead atoms. The van der Waals surface area contributed by atoms with Crippen molar-refractivity contribution in [1.29, 1.82) is 0 Å². The molecule has 2 aliphatic rings. The number of ether oxygens (including phenoxy) is 1. The maximum atomic E-state index is 13.5. The molecule has 2 amide bonds. The summed E-state index contributed by atoms with van der Waals surface area (Å²) < 4.78 is 6.18. The monoisotopic (exact) mass is 468 g/mol. The lowest BCUT2D eigenvalue weighted by Crippen LogP contribution is -2.48. The Morgan fingerprint density at radius 3 is 2.48 bits per heavy atom. The third kappa shape index (κ3) is 5.78. The van der Waals surface area contributed by atoms with Crippen LogP contribution in [-0.2, 0) is 16.0 Å². The molecular formula is C27H36N2O3S. The fraction of sp³-hybridized carbons (Fsp3) is 0.556. The molecule has 1 saturated carbocycles. The van der Waals surface area contributed by atoms with Crippen molar-refractivity contribution in [2.24, 2.45) is 11.8 Å². The van der Waals surface area contributed by atoms with E-state index >= 15 is 0 Å². The van der Waals surface area contributed by atoms with Crippen LogP contribution in [0.3, 0.4) is 0 Å². The summed E-state index contributed by atoms with van der Waals surface area (Å²) in [5.41, 5.74) is 2.46. The standard InChI is InChI=1S/C27H36N2O3S/c1-18(2)15-28(27(31)21-5-6-21)16-26(30)29-13-11-25-23(12-14-33-25)24(29)17-32-22-9-7-20(8-10-22)19(3)4/h7-10,12,14,18-19,21,24H,5-6,11,13,15-17H2,1-4H3/t24-/m1/s1. The first-order valence-corrected chi connectivity index (χ1v) is 13.1. The highest BCUT2D eigenvalue weighted by molar-refractivity contribution is 7.10. The zero-order chi connectivity index (χ0) is 23.5. The summed E-state index contributed by atoms with van der Waals surface area (Å²) in [6.45, 7) is 10.4. The average Bonchev–Trinajstić information content (AvgIpc) is 3.53. The number of carbonyl (C=O) groups excluding carboxylic acids is 2. The number of nitrogens with zero attached hydrogens (tertiary/aromatic N) is 2. The normalized spacial score (nSPS) is 17.9. The smallest absolute Gasteiger partial charge is 0.242 e. The predicted octanol–water partition coefficient (Wildman–Crippen LogP) is 5.27. The molecule has 0 unspecified atom stereocenters. The molecule has 1 aliphatic heterocycles. The highest BCUT2D eigenvalue weighted by Crippen LogP contribution is 2.35. The van der Waals surface area contributed by atoms with E-state index in [1.807, 2.05) is 17.0 Å². The van der Waals surface area contributed by atoms with Crippen LogP contribution in [0.5, 0.6) is 5.75 Å². The van der Waals surface area contributed by atoms with Crippen LogP contribution in [0.1, 0.15) is 68.5 Å². The highest BCUT2D eigenvalue weighted by Gasteiger charge is 2.37. The number of hydrogen-bond donors (Lipinski definition) is 0. The Kier molecular flexibility index (Phi) is 7.42. The van der Waals surface area contributed by atoms with Gasteiger partial charge in [0, 0.05) is 23.9 Å². The zero-order valence-corrected chi connectivity index (χ0v) is 21.1. The van der Waals surface area contributed by atoms with E-state index < -0.39 is 0 Å². The van der Waals surface area contributed by atoms with Crippen molar-refractivity contribution in [2.45, 2.75) is 58.9 Å². The summed E-state index contributed by atoms with van der Waals surface area (Å²) in [5, 5.41) is 2.10. The number of benzene rings is 1. The van der Waals surface area contributed by atoms with Crippen LogP contribution in [0.2, 0.25) is 0 Å². The van der Waals surface area contributed by atoms with Crippen molar-refractivity contribution in [1.82, 2.24) is 9.80 Å². The molecule has 33 heavy (non-hydrogen) atoms. The molecule has 2 heterocycles. The number of hydrogen-bond acceptors (Lipinski definition) is 4. The van der Waals surface area contributed by atoms with Gasteiger partial charge in [0.15, 0.2) is 0 Å². The van der Waals surface area contributed by atoms with E-state index in [4.69, 9.17) is 4.74 Å². The minimum atomic E-state index is -0.130. The van der Waals surface area contributed by atoms with Crippen LogP contribution < -0.4 is 4.74 Å². The minimum Gasteiger partial charge on any atom is -0.491 e. The number of amides is 2. The molecule has 1 aromatic carbocycles. The van der Waals surface area contributed by atoms with E-state index in [-0.39, 0.29) is 30.3 Å². The Morgan fingerprint density at radius 1 is 1.12 bits per heavy atom. The van der Waals surface area contributed by atoms with Gasteiger partial charge >= 0.3 is 0 Å². The summed E-state index contributed by atoms with van der Waals surface area (Å²) in [7, 11) is 0. The second-order valence-electron chi connectivity index (χ2n) is 10.1. The van der Waals surface area contributed by atoms with E-state index in [0.29, 0.717) is 31.5 Å². The number of fused-ring (bicyclic) bond motifs is 1. The molecule has 0 saturated heterocycles. The average molecular weight is 469 g/mol. The fourth-order valence-corrected chi connectivity index (χ4v) is 5.44. The molecule has 0 N–H and O–H groups in total. The van der Waals surface area contributed by atoms with Crippen molar-refractivity contribution < 1.29 is 14.3 Å². The maximum absolute atomic E-state index is 13.5. The third-order valence-electron chi connectivity index (χ3n) is 6.52. The van der Waals surface area contributed by atoms with Gasteiger partial charge in [-0.1, -0.05) is 39.8 Å².